The molecule has 3 rings (SSSR count). The molecule has 1 spiro atoms. The van der Waals surface area contributed by atoms with E-state index in [0.29, 0.717) is 19.3 Å². The van der Waals surface area contributed by atoms with Gasteiger partial charge < -0.3 is 24.8 Å². The molecular formula is C19H30N2O6. The van der Waals surface area contributed by atoms with Crippen molar-refractivity contribution in [3.8, 4) is 0 Å². The summed E-state index contributed by atoms with van der Waals surface area (Å²) < 4.78 is 11.6. The Hall–Kier alpha value is -1.67. The van der Waals surface area contributed by atoms with Gasteiger partial charge in [0, 0.05) is 19.2 Å². The van der Waals surface area contributed by atoms with Gasteiger partial charge in [0.25, 0.3) is 0 Å². The molecule has 0 aromatic carbocycles. The van der Waals surface area contributed by atoms with Crippen LogP contribution in [0.4, 0.5) is 0 Å². The molecule has 3 fully saturated rings. The number of carbonyl (C=O) groups is 3. The molecule has 3 aliphatic heterocycles. The van der Waals surface area contributed by atoms with Crippen LogP contribution < -0.4 is 5.32 Å². The molecule has 3 saturated heterocycles. The smallest absolute Gasteiger partial charge is 0.312 e. The molecule has 3 aliphatic rings. The maximum Gasteiger partial charge on any atom is 0.312 e. The topological polar surface area (TPSA) is 105 Å². The van der Waals surface area contributed by atoms with Crippen molar-refractivity contribution in [1.29, 1.82) is 0 Å². The van der Waals surface area contributed by atoms with Gasteiger partial charge in [0.05, 0.1) is 18.1 Å². The first-order valence-corrected chi connectivity index (χ1v) is 9.80. The molecule has 0 aromatic rings. The number of nitrogens with zero attached hydrogens (tertiary/aromatic N) is 1. The molecule has 2 N–H and O–H groups in total. The van der Waals surface area contributed by atoms with Crippen molar-refractivity contribution in [2.45, 2.75) is 70.2 Å². The summed E-state index contributed by atoms with van der Waals surface area (Å²) in [5, 5.41) is 12.1. The molecule has 3 heterocycles. The molecule has 0 aromatic heterocycles. The minimum absolute atomic E-state index is 0.0835. The summed E-state index contributed by atoms with van der Waals surface area (Å²) in [4.78, 5) is 40.5. The summed E-state index contributed by atoms with van der Waals surface area (Å²) in [5.74, 6) is -2.41. The Morgan fingerprint density at radius 3 is 2.70 bits per heavy atom. The van der Waals surface area contributed by atoms with Crippen molar-refractivity contribution >= 4 is 17.8 Å². The van der Waals surface area contributed by atoms with Crippen LogP contribution in [-0.4, -0.2) is 70.8 Å². The van der Waals surface area contributed by atoms with Crippen LogP contribution in [0, 0.1) is 11.8 Å². The lowest BCUT2D eigenvalue weighted by atomic mass is 9.66. The number of ether oxygens (including phenoxy) is 2. The Morgan fingerprint density at radius 2 is 2.11 bits per heavy atom. The highest BCUT2D eigenvalue weighted by Crippen LogP contribution is 2.63. The van der Waals surface area contributed by atoms with Crippen LogP contribution in [-0.2, 0) is 23.9 Å². The Kier molecular flexibility index (Phi) is 5.24. The van der Waals surface area contributed by atoms with Crippen molar-refractivity contribution in [2.24, 2.45) is 11.8 Å². The fourth-order valence-electron chi connectivity index (χ4n) is 5.16. The van der Waals surface area contributed by atoms with Crippen LogP contribution in [0.1, 0.15) is 47.0 Å². The first kappa shape index (κ1) is 20.1. The Balaban J connectivity index is 2.02. The minimum Gasteiger partial charge on any atom is -0.466 e. The number of rotatable bonds is 7. The lowest BCUT2D eigenvalue weighted by Gasteiger charge is -2.33. The van der Waals surface area contributed by atoms with Crippen LogP contribution in [0.2, 0.25) is 0 Å². The zero-order chi connectivity index (χ0) is 20.0. The number of aliphatic hydroxyl groups is 1. The van der Waals surface area contributed by atoms with Gasteiger partial charge in [0.2, 0.25) is 11.8 Å². The fraction of sp³-hybridized carbons (Fsp3) is 0.842. The molecule has 2 amide bonds. The van der Waals surface area contributed by atoms with Crippen molar-refractivity contribution in [3.05, 3.63) is 0 Å². The highest BCUT2D eigenvalue weighted by molar-refractivity contribution is 5.98. The van der Waals surface area contributed by atoms with Crippen LogP contribution in [0.15, 0.2) is 0 Å². The summed E-state index contributed by atoms with van der Waals surface area (Å²) in [6.45, 7) is 7.68. The first-order valence-electron chi connectivity index (χ1n) is 9.80. The second kappa shape index (κ2) is 7.05. The van der Waals surface area contributed by atoms with E-state index in [0.717, 1.165) is 0 Å². The second-order valence-electron chi connectivity index (χ2n) is 8.25. The van der Waals surface area contributed by atoms with E-state index in [-0.39, 0.29) is 37.6 Å². The number of fused-ring (bicyclic) bond motifs is 1. The third kappa shape index (κ3) is 2.93. The lowest BCUT2D eigenvalue weighted by Crippen LogP contribution is -2.56. The Bertz CT molecular complexity index is 638. The van der Waals surface area contributed by atoms with Gasteiger partial charge in [-0.05, 0) is 47.0 Å². The zero-order valence-electron chi connectivity index (χ0n) is 16.5. The minimum atomic E-state index is -1.02. The Labute approximate surface area is 159 Å². The molecule has 8 nitrogen and oxygen atoms in total. The highest BCUT2D eigenvalue weighted by Gasteiger charge is 2.78. The summed E-state index contributed by atoms with van der Waals surface area (Å²) in [6.07, 6.45) is 1.50. The average Bonchev–Trinajstić information content (AvgIpc) is 3.13. The number of likely N-dealkylation sites (tertiary alicyclic amines) is 1. The molecule has 2 unspecified atom stereocenters. The number of aliphatic hydroxyl groups excluding tert-OH is 1. The second-order valence-corrected chi connectivity index (χ2v) is 8.25. The molecule has 0 saturated carbocycles. The van der Waals surface area contributed by atoms with E-state index >= 15 is 0 Å². The normalized spacial score (nSPS) is 37.0. The molecule has 8 heteroatoms. The highest BCUT2D eigenvalue weighted by atomic mass is 16.6. The predicted octanol–water partition coefficient (Wildman–Crippen LogP) is 0.221. The van der Waals surface area contributed by atoms with Crippen molar-refractivity contribution in [1.82, 2.24) is 10.2 Å². The van der Waals surface area contributed by atoms with E-state index in [1.54, 1.807) is 6.92 Å². The predicted molar refractivity (Wildman–Crippen MR) is 95.6 cm³/mol. The fourth-order valence-corrected chi connectivity index (χ4v) is 5.16. The van der Waals surface area contributed by atoms with Crippen molar-refractivity contribution in [3.63, 3.8) is 0 Å². The van der Waals surface area contributed by atoms with Gasteiger partial charge in [-0.2, -0.15) is 0 Å². The van der Waals surface area contributed by atoms with Gasteiger partial charge in [-0.15, -0.1) is 0 Å². The number of carbonyl (C=O) groups excluding carboxylic acids is 3. The Morgan fingerprint density at radius 1 is 1.41 bits per heavy atom. The number of amides is 2. The van der Waals surface area contributed by atoms with Crippen LogP contribution in [0.25, 0.3) is 0 Å². The van der Waals surface area contributed by atoms with Gasteiger partial charge in [-0.3, -0.25) is 14.4 Å². The standard InChI is InChI=1S/C19H30N2O6/c1-5-26-17(25)13-12-16(24)21(9-6-10-22)14(15(23)20-11(2)3)19(12)8-7-18(13,4)27-19/h11-14,22H,5-10H2,1-4H3,(H,20,23)/t12-,13+,14?,18-,19?/m0/s1. The van der Waals surface area contributed by atoms with Gasteiger partial charge in [0.15, 0.2) is 0 Å². The molecule has 2 bridgehead atoms. The quantitative estimate of drug-likeness (QED) is 0.611. The van der Waals surface area contributed by atoms with Gasteiger partial charge >= 0.3 is 5.97 Å². The summed E-state index contributed by atoms with van der Waals surface area (Å²) in [6, 6.07) is -0.886. The lowest BCUT2D eigenvalue weighted by molar-refractivity contribution is -0.159. The summed E-state index contributed by atoms with van der Waals surface area (Å²) >= 11 is 0. The molecule has 0 aliphatic carbocycles. The summed E-state index contributed by atoms with van der Waals surface area (Å²) in [7, 11) is 0. The summed E-state index contributed by atoms with van der Waals surface area (Å²) in [5.41, 5.74) is -1.82. The third-order valence-electron chi connectivity index (χ3n) is 6.05. The van der Waals surface area contributed by atoms with Crippen molar-refractivity contribution < 1.29 is 29.0 Å². The van der Waals surface area contributed by atoms with E-state index in [1.807, 2.05) is 20.8 Å². The molecule has 27 heavy (non-hydrogen) atoms. The zero-order valence-corrected chi connectivity index (χ0v) is 16.5. The van der Waals surface area contributed by atoms with Crippen LogP contribution in [0.3, 0.4) is 0 Å². The maximum absolute atomic E-state index is 13.3. The van der Waals surface area contributed by atoms with Crippen LogP contribution in [0.5, 0.6) is 0 Å². The average molecular weight is 382 g/mol. The molecular weight excluding hydrogens is 352 g/mol. The third-order valence-corrected chi connectivity index (χ3v) is 6.05. The van der Waals surface area contributed by atoms with Gasteiger partial charge in [0.1, 0.15) is 17.6 Å². The van der Waals surface area contributed by atoms with E-state index in [9.17, 15) is 19.5 Å². The number of esters is 1. The molecule has 5 atom stereocenters. The number of hydrogen-bond donors (Lipinski definition) is 2. The van der Waals surface area contributed by atoms with E-state index in [2.05, 4.69) is 5.32 Å². The number of hydrogen-bond acceptors (Lipinski definition) is 6. The van der Waals surface area contributed by atoms with Gasteiger partial charge in [-0.25, -0.2) is 0 Å². The van der Waals surface area contributed by atoms with Crippen LogP contribution >= 0.6 is 0 Å². The monoisotopic (exact) mass is 382 g/mol. The van der Waals surface area contributed by atoms with E-state index < -0.39 is 35.0 Å². The largest absolute Gasteiger partial charge is 0.466 e. The first-order chi connectivity index (χ1) is 12.7. The SMILES string of the molecule is CCOC(=O)[C@H]1[C@H]2C(=O)N(CCCO)C(C(=O)NC(C)C)C23CC[C@]1(C)O3. The van der Waals surface area contributed by atoms with Crippen molar-refractivity contribution in [2.75, 3.05) is 19.8 Å². The van der Waals surface area contributed by atoms with Gasteiger partial charge in [-0.1, -0.05) is 0 Å². The maximum atomic E-state index is 13.3. The number of nitrogens with one attached hydrogen (secondary N) is 1. The van der Waals surface area contributed by atoms with E-state index in [4.69, 9.17) is 9.47 Å². The van der Waals surface area contributed by atoms with E-state index in [1.165, 1.54) is 4.90 Å². The molecule has 152 valence electrons. The molecule has 0 radical (unpaired) electrons.